The van der Waals surface area contributed by atoms with Gasteiger partial charge in [0.25, 0.3) is 0 Å². The van der Waals surface area contributed by atoms with Gasteiger partial charge in [0.1, 0.15) is 60.4 Å². The van der Waals surface area contributed by atoms with Crippen molar-refractivity contribution >= 4 is 71.1 Å². The van der Waals surface area contributed by atoms with Crippen molar-refractivity contribution in [3.8, 4) is 0 Å². The molecular formula is C52H97N19O14. The van der Waals surface area contributed by atoms with Gasteiger partial charge in [0, 0.05) is 26.2 Å². The molecule has 2 fully saturated rings. The number of aliphatic hydroxyl groups excluding tert-OH is 3. The van der Waals surface area contributed by atoms with E-state index in [4.69, 9.17) is 45.9 Å². The number of aliphatic carboxylic acids is 1. The minimum atomic E-state index is -1.74. The van der Waals surface area contributed by atoms with Crippen molar-refractivity contribution in [3.63, 3.8) is 0 Å². The van der Waals surface area contributed by atoms with E-state index in [1.165, 1.54) is 30.6 Å². The fraction of sp³-hybridized carbons (Fsp3) is 0.769. The molecule has 33 nitrogen and oxygen atoms in total. The second kappa shape index (κ2) is 38.8. The third kappa shape index (κ3) is 25.6. The Labute approximate surface area is 495 Å². The Morgan fingerprint density at radius 3 is 1.15 bits per heavy atom. The average Bonchev–Trinajstić information content (AvgIpc) is 4.37. The van der Waals surface area contributed by atoms with Crippen molar-refractivity contribution in [2.75, 3.05) is 45.8 Å². The van der Waals surface area contributed by atoms with Crippen LogP contribution in [0.2, 0.25) is 0 Å². The highest BCUT2D eigenvalue weighted by Gasteiger charge is 2.43. The largest absolute Gasteiger partial charge is 0.480 e. The monoisotopic (exact) mass is 1210 g/mol. The lowest BCUT2D eigenvalue weighted by atomic mass is 10.0. The lowest BCUT2D eigenvalue weighted by Gasteiger charge is -2.32. The number of carbonyl (C=O) groups is 10. The molecule has 0 aromatic heterocycles. The Bertz CT molecular complexity index is 2250. The highest BCUT2D eigenvalue weighted by atomic mass is 16.4. The number of carboxylic acids is 1. The number of hydrogen-bond donors (Lipinski definition) is 19. The molecule has 2 aliphatic heterocycles. The van der Waals surface area contributed by atoms with Crippen LogP contribution < -0.4 is 83.1 Å². The van der Waals surface area contributed by atoms with Crippen molar-refractivity contribution in [1.29, 1.82) is 0 Å². The van der Waals surface area contributed by atoms with E-state index in [0.29, 0.717) is 51.4 Å². The molecule has 0 saturated carbocycles. The summed E-state index contributed by atoms with van der Waals surface area (Å²) in [6.07, 6.45) is -0.889. The molecule has 0 unspecified atom stereocenters. The lowest BCUT2D eigenvalue weighted by molar-refractivity contribution is -0.145. The molecule has 2 heterocycles. The van der Waals surface area contributed by atoms with Crippen LogP contribution in [0.25, 0.3) is 0 Å². The number of carbonyl (C=O) groups excluding carboxylic acids is 9. The molecule has 0 bridgehead atoms. The molecule has 484 valence electrons. The number of guanidine groups is 2. The highest BCUT2D eigenvalue weighted by molar-refractivity contribution is 5.99. The summed E-state index contributed by atoms with van der Waals surface area (Å²) in [7, 11) is 0. The SMILES string of the molecule is C[C@H](O)[C@@H](N)C(=O)N[C@@H](CCCCN)C(=O)N[C@H](C(=O)N[C@@H](CCCCN)C(=O)N1CCC[C@H]1C(=O)N[C@@H](CCCN=C(N)N)C(=O)N[C@H](C(=O)N[C@@H](CCCCN)C(=O)N1CCC[C@H]1C(=O)N[C@@H](CCCN=C(N)N)C(=O)O)[C@@H](C)O)[C@@H](C)O. The van der Waals surface area contributed by atoms with E-state index in [9.17, 15) is 68.4 Å². The van der Waals surface area contributed by atoms with Crippen LogP contribution in [0, 0.1) is 0 Å². The number of unbranched alkanes of at least 4 members (excludes halogenated alkanes) is 3. The molecule has 0 aromatic carbocycles. The number of nitrogens with one attached hydrogen (secondary N) is 7. The van der Waals surface area contributed by atoms with E-state index in [0.717, 1.165) is 0 Å². The third-order valence-electron chi connectivity index (χ3n) is 14.5. The molecular weight excluding hydrogens is 1110 g/mol. The van der Waals surface area contributed by atoms with E-state index < -0.39 is 138 Å². The van der Waals surface area contributed by atoms with Crippen LogP contribution in [-0.4, -0.2) is 226 Å². The van der Waals surface area contributed by atoms with Gasteiger partial charge in [-0.15, -0.1) is 0 Å². The zero-order chi connectivity index (χ0) is 63.9. The van der Waals surface area contributed by atoms with Gasteiger partial charge in [0.05, 0.1) is 18.3 Å². The van der Waals surface area contributed by atoms with Crippen LogP contribution in [0.5, 0.6) is 0 Å². The molecule has 0 aliphatic carbocycles. The molecule has 2 aliphatic rings. The van der Waals surface area contributed by atoms with Crippen molar-refractivity contribution in [2.24, 2.45) is 55.9 Å². The number of likely N-dealkylation sites (tertiary alicyclic amines) is 2. The maximum absolute atomic E-state index is 14.6. The zero-order valence-electron chi connectivity index (χ0n) is 49.3. The summed E-state index contributed by atoms with van der Waals surface area (Å²) < 4.78 is 0. The van der Waals surface area contributed by atoms with Crippen molar-refractivity contribution in [2.45, 2.75) is 209 Å². The first kappa shape index (κ1) is 74.1. The topological polar surface area (TPSA) is 575 Å². The van der Waals surface area contributed by atoms with Gasteiger partial charge in [-0.3, -0.25) is 53.1 Å². The van der Waals surface area contributed by atoms with E-state index >= 15 is 0 Å². The normalized spacial score (nSPS) is 18.7. The third-order valence-corrected chi connectivity index (χ3v) is 14.5. The Morgan fingerprint density at radius 1 is 0.459 bits per heavy atom. The molecule has 27 N–H and O–H groups in total. The van der Waals surface area contributed by atoms with Crippen LogP contribution >= 0.6 is 0 Å². The Kier molecular flexibility index (Phi) is 33.8. The smallest absolute Gasteiger partial charge is 0.326 e. The van der Waals surface area contributed by atoms with Gasteiger partial charge in [-0.2, -0.15) is 0 Å². The number of nitrogens with two attached hydrogens (primary N) is 8. The first-order chi connectivity index (χ1) is 40.2. The second-order valence-corrected chi connectivity index (χ2v) is 21.5. The van der Waals surface area contributed by atoms with Crippen LogP contribution in [0.3, 0.4) is 0 Å². The molecule has 85 heavy (non-hydrogen) atoms. The van der Waals surface area contributed by atoms with Crippen LogP contribution in [-0.2, 0) is 47.9 Å². The van der Waals surface area contributed by atoms with E-state index in [1.54, 1.807) is 0 Å². The standard InChI is InChI=1S/C52H97N19O14/c1-28(72)38(56)45(79)64-31(14-4-7-21-53)41(75)68-39(29(2)73)46(80)65-33(15-5-8-22-54)48(82)70-26-12-19-36(70)43(77)63-32(17-10-24-61-51(57)58)42(76)69-40(30(3)74)47(81)66-34(16-6-9-23-55)49(83)71-27-13-20-37(71)44(78)67-35(50(84)85)18-11-25-62-52(59)60/h28-40,72-74H,4-27,53-56H2,1-3H3,(H,63,77)(H,64,79)(H,65,80)(H,66,81)(H,67,78)(H,68,75)(H,69,76)(H,84,85)(H4,57,58,61)(H4,59,60,62)/t28-,29+,30+,31-,32-,33-,34-,35-,36-,37-,38+,39-,40-/m0/s1. The number of amides is 9. The average molecular weight is 1210 g/mol. The Morgan fingerprint density at radius 2 is 0.800 bits per heavy atom. The lowest BCUT2D eigenvalue weighted by Crippen LogP contribution is -2.62. The van der Waals surface area contributed by atoms with Gasteiger partial charge < -0.3 is 113 Å². The maximum Gasteiger partial charge on any atom is 0.326 e. The number of nitrogens with zero attached hydrogens (tertiary/aromatic N) is 4. The fourth-order valence-electron chi connectivity index (χ4n) is 9.67. The summed E-state index contributed by atoms with van der Waals surface area (Å²) in [4.78, 5) is 148. The molecule has 13 atom stereocenters. The van der Waals surface area contributed by atoms with E-state index in [-0.39, 0.29) is 116 Å². The molecule has 0 spiro atoms. The van der Waals surface area contributed by atoms with Crippen LogP contribution in [0.1, 0.15) is 130 Å². The summed E-state index contributed by atoms with van der Waals surface area (Å²) in [6.45, 7) is 4.68. The van der Waals surface area contributed by atoms with Gasteiger partial charge in [-0.1, -0.05) is 0 Å². The van der Waals surface area contributed by atoms with Crippen molar-refractivity contribution in [1.82, 2.24) is 47.0 Å². The number of aliphatic imine (C=N–C) groups is 2. The van der Waals surface area contributed by atoms with Gasteiger partial charge >= 0.3 is 5.97 Å². The summed E-state index contributed by atoms with van der Waals surface area (Å²) in [6, 6.07) is -13.8. The second-order valence-electron chi connectivity index (χ2n) is 21.5. The highest BCUT2D eigenvalue weighted by Crippen LogP contribution is 2.23. The summed E-state index contributed by atoms with van der Waals surface area (Å²) >= 11 is 0. The van der Waals surface area contributed by atoms with E-state index in [1.807, 2.05) is 0 Å². The maximum atomic E-state index is 14.6. The predicted octanol–water partition coefficient (Wildman–Crippen LogP) is -7.59. The predicted molar refractivity (Wildman–Crippen MR) is 312 cm³/mol. The van der Waals surface area contributed by atoms with Crippen molar-refractivity contribution in [3.05, 3.63) is 0 Å². The number of hydrogen-bond acceptors (Lipinski definition) is 19. The first-order valence-corrected chi connectivity index (χ1v) is 29.2. The minimum absolute atomic E-state index is 0.00495. The number of aliphatic hydroxyl groups is 3. The quantitative estimate of drug-likeness (QED) is 0.0154. The van der Waals surface area contributed by atoms with Gasteiger partial charge in [0.2, 0.25) is 53.2 Å². The molecule has 0 radical (unpaired) electrons. The van der Waals surface area contributed by atoms with Gasteiger partial charge in [-0.25, -0.2) is 4.79 Å². The first-order valence-electron chi connectivity index (χ1n) is 29.2. The van der Waals surface area contributed by atoms with Crippen LogP contribution in [0.4, 0.5) is 0 Å². The minimum Gasteiger partial charge on any atom is -0.480 e. The van der Waals surface area contributed by atoms with E-state index in [2.05, 4.69) is 47.2 Å². The molecule has 2 rings (SSSR count). The van der Waals surface area contributed by atoms with Crippen molar-refractivity contribution < 1.29 is 68.4 Å². The summed E-state index contributed by atoms with van der Waals surface area (Å²) in [5.74, 6) is -9.37. The molecule has 0 aromatic rings. The molecule has 33 heteroatoms. The Balaban J connectivity index is 2.41. The Hall–Kier alpha value is -7.04. The molecule has 9 amide bonds. The van der Waals surface area contributed by atoms with Gasteiger partial charge in [-0.05, 0) is 150 Å². The van der Waals surface area contributed by atoms with Crippen LogP contribution in [0.15, 0.2) is 9.98 Å². The summed E-state index contributed by atoms with van der Waals surface area (Å²) in [5.41, 5.74) is 44.7. The van der Waals surface area contributed by atoms with Gasteiger partial charge in [0.15, 0.2) is 11.9 Å². The number of rotatable bonds is 40. The molecule has 2 saturated heterocycles. The zero-order valence-corrected chi connectivity index (χ0v) is 49.3. The fourth-order valence-corrected chi connectivity index (χ4v) is 9.67. The summed E-state index contributed by atoms with van der Waals surface area (Å²) in [5, 5.41) is 59.3. The number of carboxylic acid groups (broad SMARTS) is 1.